The van der Waals surface area contributed by atoms with Gasteiger partial charge in [0.2, 0.25) is 0 Å². The Balaban J connectivity index is 0.00000127. The van der Waals surface area contributed by atoms with Crippen molar-refractivity contribution in [3.8, 4) is 5.75 Å². The first kappa shape index (κ1) is 21.1. The van der Waals surface area contributed by atoms with Crippen LogP contribution in [-0.2, 0) is 54.0 Å². The Kier molecular flexibility index (Phi) is 10.7. The van der Waals surface area contributed by atoms with Crippen LogP contribution in [0.2, 0.25) is 0 Å². The van der Waals surface area contributed by atoms with Crippen LogP contribution in [-0.4, -0.2) is 49.7 Å². The molecule has 127 valence electrons. The fourth-order valence-corrected chi connectivity index (χ4v) is 3.13. The molecule has 0 amide bonds. The third-order valence-electron chi connectivity index (χ3n) is 3.93. The summed E-state index contributed by atoms with van der Waals surface area (Å²) < 4.78 is 13.5. The van der Waals surface area contributed by atoms with E-state index in [1.54, 1.807) is 7.11 Å². The van der Waals surface area contributed by atoms with Crippen LogP contribution in [0.4, 0.5) is 0 Å². The van der Waals surface area contributed by atoms with Crippen molar-refractivity contribution in [2.75, 3.05) is 39.5 Å². The molecule has 1 aliphatic heterocycles. The topological polar surface area (TPSA) is 43.6 Å². The van der Waals surface area contributed by atoms with Gasteiger partial charge in [0.05, 0.1) is 7.11 Å². The molecular weight excluding hydrogens is 414 g/mol. The van der Waals surface area contributed by atoms with E-state index in [0.717, 1.165) is 57.1 Å². The predicted octanol–water partition coefficient (Wildman–Crippen LogP) is 2.33. The molecule has 1 heterocycles. The van der Waals surface area contributed by atoms with Crippen molar-refractivity contribution >= 4 is 25.3 Å². The second kappa shape index (κ2) is 11.6. The van der Waals surface area contributed by atoms with Crippen LogP contribution in [0.15, 0.2) is 18.2 Å². The summed E-state index contributed by atoms with van der Waals surface area (Å²) in [5.74, 6) is 1.58. The number of fused-ring (bicyclic) bond motifs is 1. The minimum atomic E-state index is 0.171. The number of hydrogen-bond donors (Lipinski definition) is 0. The van der Waals surface area contributed by atoms with Gasteiger partial charge < -0.3 is 40.2 Å². The van der Waals surface area contributed by atoms with Gasteiger partial charge in [-0.2, -0.15) is 11.0 Å². The molecule has 0 N–H and O–H groups in total. The quantitative estimate of drug-likeness (QED) is 0.613. The van der Waals surface area contributed by atoms with Crippen LogP contribution in [0.25, 0.3) is 5.32 Å². The second-order valence-corrected chi connectivity index (χ2v) is 6.58. The number of nitrogens with zero attached hydrogens (tertiary/aromatic N) is 2. The molecule has 1 aliphatic rings. The fourth-order valence-electron chi connectivity index (χ4n) is 2.77. The summed E-state index contributed by atoms with van der Waals surface area (Å²) in [6.45, 7) is 2.80. The van der Waals surface area contributed by atoms with Crippen molar-refractivity contribution in [3.63, 3.8) is 0 Å². The van der Waals surface area contributed by atoms with Gasteiger partial charge in [-0.15, -0.1) is 12.6 Å². The molecular formula is C16H23N2O2S2Tc+. The molecule has 0 radical (unpaired) electrons. The zero-order valence-electron chi connectivity index (χ0n) is 13.5. The first-order valence-corrected chi connectivity index (χ1v) is 9.36. The Morgan fingerprint density at radius 1 is 1.48 bits per heavy atom. The summed E-state index contributed by atoms with van der Waals surface area (Å²) in [6.07, 6.45) is 2.05. The van der Waals surface area contributed by atoms with Crippen molar-refractivity contribution in [1.29, 1.82) is 0 Å². The first-order valence-electron chi connectivity index (χ1n) is 7.55. The van der Waals surface area contributed by atoms with E-state index in [9.17, 15) is 0 Å². The summed E-state index contributed by atoms with van der Waals surface area (Å²) in [6, 6.07) is 6.65. The number of hydrogen-bond acceptors (Lipinski definition) is 5. The van der Waals surface area contributed by atoms with Gasteiger partial charge in [-0.1, -0.05) is 18.1 Å². The van der Waals surface area contributed by atoms with E-state index in [2.05, 4.69) is 24.1 Å². The molecule has 2 rings (SSSR count). The summed E-state index contributed by atoms with van der Waals surface area (Å²) in [5, 5.41) is 4.95. The monoisotopic (exact) mass is 436 g/mol. The molecule has 2 unspecified atom stereocenters. The van der Waals surface area contributed by atoms with Gasteiger partial charge in [-0.25, -0.2) is 0 Å². The Morgan fingerprint density at radius 3 is 2.87 bits per heavy atom. The van der Waals surface area contributed by atoms with E-state index in [-0.39, 0.29) is 5.25 Å². The van der Waals surface area contributed by atoms with Crippen molar-refractivity contribution < 1.29 is 27.1 Å². The Morgan fingerprint density at radius 2 is 2.22 bits per heavy atom. The Hall–Kier alpha value is 0.0894. The molecule has 0 saturated heterocycles. The maximum absolute atomic E-state index is 8.22. The van der Waals surface area contributed by atoms with Gasteiger partial charge in [0.25, 0.3) is 0 Å². The van der Waals surface area contributed by atoms with E-state index in [0.29, 0.717) is 11.8 Å². The summed E-state index contributed by atoms with van der Waals surface area (Å²) in [7, 11) is 3.83. The molecule has 0 fully saturated rings. The number of rotatable bonds is 7. The average molecular weight is 438 g/mol. The van der Waals surface area contributed by atoms with Crippen molar-refractivity contribution in [2.24, 2.45) is 0 Å². The third kappa shape index (κ3) is 6.84. The Labute approximate surface area is 161 Å². The molecule has 7 heteroatoms. The number of methoxy groups -OCH3 is 1. The summed E-state index contributed by atoms with van der Waals surface area (Å²) >= 11 is 11.2. The van der Waals surface area contributed by atoms with Gasteiger partial charge in [0.1, 0.15) is 5.75 Å². The van der Waals surface area contributed by atoms with Crippen LogP contribution in [0, 0.1) is 0 Å². The maximum atomic E-state index is 8.22. The molecule has 0 aromatic heterocycles. The zero-order valence-corrected chi connectivity index (χ0v) is 17.0. The molecule has 2 atom stereocenters. The molecule has 23 heavy (non-hydrogen) atoms. The molecule has 0 saturated carbocycles. The molecule has 4 nitrogen and oxygen atoms in total. The van der Waals surface area contributed by atoms with Crippen LogP contribution in [0.5, 0.6) is 5.75 Å². The summed E-state index contributed by atoms with van der Waals surface area (Å²) in [4.78, 5) is 2.28. The van der Waals surface area contributed by atoms with Crippen molar-refractivity contribution in [1.82, 2.24) is 4.90 Å². The van der Waals surface area contributed by atoms with E-state index < -0.39 is 0 Å². The van der Waals surface area contributed by atoms with E-state index in [4.69, 9.17) is 38.8 Å². The molecule has 0 bridgehead atoms. The third-order valence-corrected chi connectivity index (χ3v) is 4.85. The normalized spacial score (nSPS) is 18.0. The number of benzene rings is 1. The van der Waals surface area contributed by atoms with Crippen LogP contribution < -0.4 is 4.74 Å². The van der Waals surface area contributed by atoms with Crippen molar-refractivity contribution in [2.45, 2.75) is 24.1 Å². The molecule has 0 aliphatic carbocycles. The summed E-state index contributed by atoms with van der Waals surface area (Å²) in [5.41, 5.74) is 2.73. The minimum absolute atomic E-state index is 0.171. The number of ether oxygens (including phenoxy) is 1. The van der Waals surface area contributed by atoms with Crippen LogP contribution in [0.1, 0.15) is 23.6 Å². The van der Waals surface area contributed by atoms with Crippen molar-refractivity contribution in [3.05, 3.63) is 34.6 Å². The van der Waals surface area contributed by atoms with Gasteiger partial charge >= 0.3 is 22.4 Å². The SMILES string of the molecule is COc1ccc2c(c1)CC[N-]C2CCN(C)CC([S-])C[S-].[O]=[Tc+4]. The van der Waals surface area contributed by atoms with Gasteiger partial charge in [-0.05, 0) is 44.3 Å². The molecule has 1 aromatic rings. The second-order valence-electron chi connectivity index (χ2n) is 5.58. The Bertz CT molecular complexity index is 479. The first-order chi connectivity index (χ1) is 11.1. The van der Waals surface area contributed by atoms with E-state index >= 15 is 0 Å². The zero-order chi connectivity index (χ0) is 17.2. The van der Waals surface area contributed by atoms with E-state index in [1.165, 1.54) is 11.1 Å². The predicted molar refractivity (Wildman–Crippen MR) is 93.9 cm³/mol. The average Bonchev–Trinajstić information content (AvgIpc) is 2.60. The standard InChI is InChI=1S/C16H25N2OS2.O.Tc/c1-18(10-14(21)11-20)8-6-16-15-4-3-13(19-2)9-12(15)5-7-17-16;;/h3-4,9,14,16,20-21H,5-8,10-11H2,1-2H3;;/q-1;;+4/p-2. The van der Waals surface area contributed by atoms with Gasteiger partial charge in [-0.3, -0.25) is 0 Å². The van der Waals surface area contributed by atoms with Crippen LogP contribution in [0.3, 0.4) is 0 Å². The van der Waals surface area contributed by atoms with E-state index in [1.807, 2.05) is 6.07 Å². The van der Waals surface area contributed by atoms with Gasteiger partial charge in [0, 0.05) is 0 Å². The van der Waals surface area contributed by atoms with Gasteiger partial charge in [0.15, 0.2) is 0 Å². The van der Waals surface area contributed by atoms with Crippen LogP contribution >= 0.6 is 0 Å². The fraction of sp³-hybridized carbons (Fsp3) is 0.625. The molecule has 1 aromatic carbocycles. The molecule has 0 spiro atoms.